The number of para-hydroxylation sites is 1. The summed E-state index contributed by atoms with van der Waals surface area (Å²) in [5.74, 6) is 1.69. The SMILES string of the molecule is CN=C(NCCNc1ccc2ccccc2n1)NC(C)(C)C. The first-order chi connectivity index (χ1) is 10.5. The van der Waals surface area contributed by atoms with Crippen LogP contribution in [-0.2, 0) is 0 Å². The van der Waals surface area contributed by atoms with Crippen molar-refractivity contribution in [2.75, 3.05) is 25.5 Å². The third kappa shape index (κ3) is 4.91. The number of aromatic nitrogens is 1. The first kappa shape index (κ1) is 16.1. The molecule has 0 radical (unpaired) electrons. The Kier molecular flexibility index (Phi) is 5.20. The lowest BCUT2D eigenvalue weighted by atomic mass is 10.1. The molecule has 0 fully saturated rings. The largest absolute Gasteiger partial charge is 0.368 e. The van der Waals surface area contributed by atoms with Crippen LogP contribution in [0.4, 0.5) is 5.82 Å². The number of rotatable bonds is 4. The van der Waals surface area contributed by atoms with Crippen molar-refractivity contribution >= 4 is 22.7 Å². The van der Waals surface area contributed by atoms with E-state index in [0.29, 0.717) is 0 Å². The van der Waals surface area contributed by atoms with Crippen molar-refractivity contribution in [3.05, 3.63) is 36.4 Å². The number of pyridine rings is 1. The van der Waals surface area contributed by atoms with Crippen LogP contribution in [0, 0.1) is 0 Å². The molecule has 0 bridgehead atoms. The summed E-state index contributed by atoms with van der Waals surface area (Å²) in [7, 11) is 1.78. The summed E-state index contributed by atoms with van der Waals surface area (Å²) >= 11 is 0. The smallest absolute Gasteiger partial charge is 0.191 e. The van der Waals surface area contributed by atoms with Gasteiger partial charge < -0.3 is 16.0 Å². The predicted octanol–water partition coefficient (Wildman–Crippen LogP) is 2.61. The maximum atomic E-state index is 4.59. The summed E-state index contributed by atoms with van der Waals surface area (Å²) in [4.78, 5) is 8.80. The highest BCUT2D eigenvalue weighted by atomic mass is 15.2. The second-order valence-corrected chi connectivity index (χ2v) is 6.19. The average molecular weight is 299 g/mol. The van der Waals surface area contributed by atoms with Gasteiger partial charge in [-0.05, 0) is 39.0 Å². The lowest BCUT2D eigenvalue weighted by molar-refractivity contribution is 0.502. The van der Waals surface area contributed by atoms with Crippen molar-refractivity contribution in [3.8, 4) is 0 Å². The number of hydrogen-bond donors (Lipinski definition) is 3. The van der Waals surface area contributed by atoms with Gasteiger partial charge in [-0.3, -0.25) is 4.99 Å². The maximum Gasteiger partial charge on any atom is 0.191 e. The normalized spacial score (nSPS) is 12.3. The molecule has 1 aromatic carbocycles. The number of anilines is 1. The highest BCUT2D eigenvalue weighted by Gasteiger charge is 2.11. The molecule has 0 unspecified atom stereocenters. The maximum absolute atomic E-state index is 4.59. The molecule has 0 spiro atoms. The molecule has 2 rings (SSSR count). The second-order valence-electron chi connectivity index (χ2n) is 6.19. The highest BCUT2D eigenvalue weighted by molar-refractivity contribution is 5.81. The Balaban J connectivity index is 1.82. The number of aliphatic imine (C=N–C) groups is 1. The molecule has 2 aromatic rings. The van der Waals surface area contributed by atoms with Gasteiger partial charge in [0.05, 0.1) is 5.52 Å². The van der Waals surface area contributed by atoms with Crippen LogP contribution in [0.25, 0.3) is 10.9 Å². The van der Waals surface area contributed by atoms with Crippen LogP contribution >= 0.6 is 0 Å². The Hall–Kier alpha value is -2.30. The van der Waals surface area contributed by atoms with E-state index in [4.69, 9.17) is 0 Å². The number of nitrogens with one attached hydrogen (secondary N) is 3. The standard InChI is InChI=1S/C17H25N5/c1-17(2,3)22-16(18-4)20-12-11-19-15-10-9-13-7-5-6-8-14(13)21-15/h5-10H,11-12H2,1-4H3,(H,19,21)(H2,18,20,22). The van der Waals surface area contributed by atoms with E-state index in [2.05, 4.69) is 58.8 Å². The molecule has 22 heavy (non-hydrogen) atoms. The van der Waals surface area contributed by atoms with Gasteiger partial charge in [0.1, 0.15) is 5.82 Å². The average Bonchev–Trinajstić information content (AvgIpc) is 2.49. The van der Waals surface area contributed by atoms with E-state index in [1.54, 1.807) is 7.05 Å². The van der Waals surface area contributed by atoms with Gasteiger partial charge in [-0.15, -0.1) is 0 Å². The zero-order chi connectivity index (χ0) is 16.0. The van der Waals surface area contributed by atoms with Crippen LogP contribution < -0.4 is 16.0 Å². The lowest BCUT2D eigenvalue weighted by Gasteiger charge is -2.23. The van der Waals surface area contributed by atoms with Gasteiger partial charge in [0.15, 0.2) is 5.96 Å². The highest BCUT2D eigenvalue weighted by Crippen LogP contribution is 2.14. The molecular weight excluding hydrogens is 274 g/mol. The molecule has 118 valence electrons. The van der Waals surface area contributed by atoms with Gasteiger partial charge in [-0.1, -0.05) is 18.2 Å². The van der Waals surface area contributed by atoms with Crippen LogP contribution in [0.2, 0.25) is 0 Å². The van der Waals surface area contributed by atoms with Gasteiger partial charge in [-0.2, -0.15) is 0 Å². The Morgan fingerprint density at radius 3 is 2.59 bits per heavy atom. The van der Waals surface area contributed by atoms with E-state index in [1.165, 1.54) is 0 Å². The molecule has 0 saturated carbocycles. The third-order valence-corrected chi connectivity index (χ3v) is 3.04. The Bertz CT molecular complexity index is 643. The van der Waals surface area contributed by atoms with Crippen molar-refractivity contribution in [1.29, 1.82) is 0 Å². The van der Waals surface area contributed by atoms with E-state index < -0.39 is 0 Å². The van der Waals surface area contributed by atoms with Gasteiger partial charge in [0.2, 0.25) is 0 Å². The second kappa shape index (κ2) is 7.11. The molecule has 0 atom stereocenters. The summed E-state index contributed by atoms with van der Waals surface area (Å²) in [6.07, 6.45) is 0. The minimum Gasteiger partial charge on any atom is -0.368 e. The molecule has 5 heteroatoms. The zero-order valence-corrected chi connectivity index (χ0v) is 13.8. The van der Waals surface area contributed by atoms with Crippen LogP contribution in [0.5, 0.6) is 0 Å². The number of benzene rings is 1. The van der Waals surface area contributed by atoms with Crippen molar-refractivity contribution in [2.24, 2.45) is 4.99 Å². The first-order valence-electron chi connectivity index (χ1n) is 7.56. The molecule has 0 aliphatic heterocycles. The van der Waals surface area contributed by atoms with Crippen LogP contribution in [0.15, 0.2) is 41.4 Å². The van der Waals surface area contributed by atoms with Gasteiger partial charge in [0.25, 0.3) is 0 Å². The van der Waals surface area contributed by atoms with Gasteiger partial charge >= 0.3 is 0 Å². The topological polar surface area (TPSA) is 61.3 Å². The van der Waals surface area contributed by atoms with E-state index in [9.17, 15) is 0 Å². The number of guanidine groups is 1. The van der Waals surface area contributed by atoms with E-state index in [1.807, 2.05) is 24.3 Å². The lowest BCUT2D eigenvalue weighted by Crippen LogP contribution is -2.48. The van der Waals surface area contributed by atoms with Gasteiger partial charge in [-0.25, -0.2) is 4.98 Å². The number of nitrogens with zero attached hydrogens (tertiary/aromatic N) is 2. The Morgan fingerprint density at radius 1 is 1.09 bits per heavy atom. The summed E-state index contributed by atoms with van der Waals surface area (Å²) < 4.78 is 0. The first-order valence-corrected chi connectivity index (χ1v) is 7.56. The number of hydrogen-bond acceptors (Lipinski definition) is 3. The van der Waals surface area contributed by atoms with Crippen LogP contribution in [-0.4, -0.2) is 36.6 Å². The minimum absolute atomic E-state index is 0.00479. The fraction of sp³-hybridized carbons (Fsp3) is 0.412. The fourth-order valence-electron chi connectivity index (χ4n) is 2.07. The summed E-state index contributed by atoms with van der Waals surface area (Å²) in [6, 6.07) is 12.2. The predicted molar refractivity (Wildman–Crippen MR) is 94.5 cm³/mol. The summed E-state index contributed by atoms with van der Waals surface area (Å²) in [5.41, 5.74) is 1.00. The van der Waals surface area contributed by atoms with Gasteiger partial charge in [0, 0.05) is 31.1 Å². The fourth-order valence-corrected chi connectivity index (χ4v) is 2.07. The molecule has 1 heterocycles. The van der Waals surface area contributed by atoms with Crippen molar-refractivity contribution in [2.45, 2.75) is 26.3 Å². The molecule has 3 N–H and O–H groups in total. The molecule has 0 amide bonds. The summed E-state index contributed by atoms with van der Waals surface area (Å²) in [6.45, 7) is 7.87. The molecular formula is C17H25N5. The monoisotopic (exact) mass is 299 g/mol. The molecule has 1 aromatic heterocycles. The van der Waals surface area contributed by atoms with E-state index in [-0.39, 0.29) is 5.54 Å². The van der Waals surface area contributed by atoms with Crippen molar-refractivity contribution < 1.29 is 0 Å². The number of fused-ring (bicyclic) bond motifs is 1. The summed E-state index contributed by atoms with van der Waals surface area (Å²) in [5, 5.41) is 11.1. The quantitative estimate of drug-likeness (QED) is 0.461. The van der Waals surface area contributed by atoms with Crippen LogP contribution in [0.1, 0.15) is 20.8 Å². The molecule has 0 aliphatic rings. The minimum atomic E-state index is -0.00479. The van der Waals surface area contributed by atoms with Crippen molar-refractivity contribution in [1.82, 2.24) is 15.6 Å². The zero-order valence-electron chi connectivity index (χ0n) is 13.8. The Morgan fingerprint density at radius 2 is 1.86 bits per heavy atom. The van der Waals surface area contributed by atoms with E-state index in [0.717, 1.165) is 35.8 Å². The van der Waals surface area contributed by atoms with Crippen LogP contribution in [0.3, 0.4) is 0 Å². The molecule has 5 nitrogen and oxygen atoms in total. The molecule has 0 saturated heterocycles. The molecule has 0 aliphatic carbocycles. The van der Waals surface area contributed by atoms with Crippen molar-refractivity contribution in [3.63, 3.8) is 0 Å². The van der Waals surface area contributed by atoms with E-state index >= 15 is 0 Å². The Labute approximate surface area is 132 Å². The third-order valence-electron chi connectivity index (χ3n) is 3.04.